The van der Waals surface area contributed by atoms with Crippen LogP contribution in [-0.4, -0.2) is 12.5 Å². The number of hydrogen-bond acceptors (Lipinski definition) is 3. The van der Waals surface area contributed by atoms with Crippen molar-refractivity contribution in [3.05, 3.63) is 54.0 Å². The lowest BCUT2D eigenvalue weighted by Gasteiger charge is -2.04. The smallest absolute Gasteiger partial charge is 0.286 e. The number of furan rings is 1. The number of rotatable bonds is 5. The fraction of sp³-hybridized carbons (Fsp3) is 0.214. The first-order valence-corrected chi connectivity index (χ1v) is 5.92. The molecule has 0 radical (unpaired) electrons. The first-order valence-electron chi connectivity index (χ1n) is 5.92. The zero-order valence-electron chi connectivity index (χ0n) is 10.1. The number of aryl methyl sites for hydroxylation is 1. The maximum atomic E-state index is 11.5. The molecule has 4 heteroatoms. The van der Waals surface area contributed by atoms with Crippen molar-refractivity contribution in [1.29, 1.82) is 0 Å². The summed E-state index contributed by atoms with van der Waals surface area (Å²) in [7, 11) is 0. The van der Waals surface area contributed by atoms with Crippen molar-refractivity contribution in [2.45, 2.75) is 12.8 Å². The Kier molecular flexibility index (Phi) is 4.02. The SMILES string of the molecule is Nc1ccc(CCCNC(=O)c2ccco2)cc1. The second-order valence-electron chi connectivity index (χ2n) is 4.08. The van der Waals surface area contributed by atoms with Crippen LogP contribution in [0.15, 0.2) is 47.1 Å². The number of anilines is 1. The minimum Gasteiger partial charge on any atom is -0.459 e. The highest BCUT2D eigenvalue weighted by Crippen LogP contribution is 2.07. The molecule has 4 nitrogen and oxygen atoms in total. The third kappa shape index (κ3) is 3.38. The number of carbonyl (C=O) groups is 1. The summed E-state index contributed by atoms with van der Waals surface area (Å²) in [5, 5.41) is 2.81. The van der Waals surface area contributed by atoms with Crippen LogP contribution in [0.25, 0.3) is 0 Å². The average Bonchev–Trinajstić information content (AvgIpc) is 2.90. The van der Waals surface area contributed by atoms with Gasteiger partial charge in [-0.05, 0) is 42.7 Å². The van der Waals surface area contributed by atoms with Crippen molar-refractivity contribution in [2.24, 2.45) is 0 Å². The molecule has 3 N–H and O–H groups in total. The summed E-state index contributed by atoms with van der Waals surface area (Å²) in [6, 6.07) is 11.1. The van der Waals surface area contributed by atoms with E-state index in [0.29, 0.717) is 12.3 Å². The molecule has 0 fully saturated rings. The Morgan fingerprint density at radius 2 is 2.00 bits per heavy atom. The second kappa shape index (κ2) is 5.91. The monoisotopic (exact) mass is 244 g/mol. The average molecular weight is 244 g/mol. The van der Waals surface area contributed by atoms with Crippen LogP contribution in [-0.2, 0) is 6.42 Å². The van der Waals surface area contributed by atoms with Gasteiger partial charge in [-0.15, -0.1) is 0 Å². The van der Waals surface area contributed by atoms with E-state index in [0.717, 1.165) is 18.5 Å². The lowest BCUT2D eigenvalue weighted by atomic mass is 10.1. The number of nitrogens with one attached hydrogen (secondary N) is 1. The Morgan fingerprint density at radius 3 is 2.67 bits per heavy atom. The molecule has 0 aliphatic rings. The zero-order chi connectivity index (χ0) is 12.8. The molecule has 1 amide bonds. The number of nitrogen functional groups attached to an aromatic ring is 1. The molecule has 0 saturated heterocycles. The van der Waals surface area contributed by atoms with Gasteiger partial charge in [0.2, 0.25) is 0 Å². The maximum absolute atomic E-state index is 11.5. The van der Waals surface area contributed by atoms with Gasteiger partial charge in [0, 0.05) is 12.2 Å². The summed E-state index contributed by atoms with van der Waals surface area (Å²) >= 11 is 0. The zero-order valence-corrected chi connectivity index (χ0v) is 10.1. The second-order valence-corrected chi connectivity index (χ2v) is 4.08. The van der Waals surface area contributed by atoms with E-state index < -0.39 is 0 Å². The molecular formula is C14H16N2O2. The van der Waals surface area contributed by atoms with Crippen LogP contribution in [0.3, 0.4) is 0 Å². The van der Waals surface area contributed by atoms with Crippen molar-refractivity contribution in [2.75, 3.05) is 12.3 Å². The van der Waals surface area contributed by atoms with Gasteiger partial charge in [-0.2, -0.15) is 0 Å². The highest BCUT2D eigenvalue weighted by atomic mass is 16.3. The Balaban J connectivity index is 1.70. The number of amides is 1. The van der Waals surface area contributed by atoms with Gasteiger partial charge in [0.05, 0.1) is 6.26 Å². The Bertz CT molecular complexity index is 489. The first kappa shape index (κ1) is 12.2. The van der Waals surface area contributed by atoms with E-state index >= 15 is 0 Å². The molecular weight excluding hydrogens is 228 g/mol. The van der Waals surface area contributed by atoms with E-state index in [2.05, 4.69) is 5.32 Å². The van der Waals surface area contributed by atoms with Crippen LogP contribution in [0.1, 0.15) is 22.5 Å². The highest BCUT2D eigenvalue weighted by molar-refractivity contribution is 5.91. The van der Waals surface area contributed by atoms with Gasteiger partial charge in [0.25, 0.3) is 5.91 Å². The van der Waals surface area contributed by atoms with E-state index in [1.165, 1.54) is 11.8 Å². The summed E-state index contributed by atoms with van der Waals surface area (Å²) in [6.45, 7) is 0.629. The molecule has 0 saturated carbocycles. The molecule has 0 bridgehead atoms. The number of hydrogen-bond donors (Lipinski definition) is 2. The van der Waals surface area contributed by atoms with Gasteiger partial charge >= 0.3 is 0 Å². The van der Waals surface area contributed by atoms with Gasteiger partial charge in [-0.25, -0.2) is 0 Å². The quantitative estimate of drug-likeness (QED) is 0.626. The van der Waals surface area contributed by atoms with E-state index in [-0.39, 0.29) is 5.91 Å². The topological polar surface area (TPSA) is 68.3 Å². The number of benzene rings is 1. The molecule has 2 rings (SSSR count). The van der Waals surface area contributed by atoms with Crippen molar-refractivity contribution < 1.29 is 9.21 Å². The van der Waals surface area contributed by atoms with Crippen molar-refractivity contribution in [1.82, 2.24) is 5.32 Å². The molecule has 2 aromatic rings. The molecule has 94 valence electrons. The molecule has 0 spiro atoms. The third-order valence-corrected chi connectivity index (χ3v) is 2.65. The van der Waals surface area contributed by atoms with Gasteiger partial charge in [0.15, 0.2) is 5.76 Å². The van der Waals surface area contributed by atoms with Crippen molar-refractivity contribution in [3.8, 4) is 0 Å². The molecule has 0 aliphatic heterocycles. The fourth-order valence-electron chi connectivity index (χ4n) is 1.67. The summed E-state index contributed by atoms with van der Waals surface area (Å²) in [5.41, 5.74) is 7.60. The molecule has 1 aromatic heterocycles. The van der Waals surface area contributed by atoms with Gasteiger partial charge < -0.3 is 15.5 Å². The Morgan fingerprint density at radius 1 is 1.22 bits per heavy atom. The van der Waals surface area contributed by atoms with Gasteiger partial charge in [-0.1, -0.05) is 12.1 Å². The van der Waals surface area contributed by atoms with Crippen molar-refractivity contribution >= 4 is 11.6 Å². The van der Waals surface area contributed by atoms with Crippen molar-refractivity contribution in [3.63, 3.8) is 0 Å². The van der Waals surface area contributed by atoms with Gasteiger partial charge in [-0.3, -0.25) is 4.79 Å². The summed E-state index contributed by atoms with van der Waals surface area (Å²) in [5.74, 6) is 0.180. The Labute approximate surface area is 106 Å². The van der Waals surface area contributed by atoms with Gasteiger partial charge in [0.1, 0.15) is 0 Å². The van der Waals surface area contributed by atoms with Crippen LogP contribution in [0.4, 0.5) is 5.69 Å². The minimum atomic E-state index is -0.169. The summed E-state index contributed by atoms with van der Waals surface area (Å²) in [4.78, 5) is 11.5. The first-order chi connectivity index (χ1) is 8.75. The van der Waals surface area contributed by atoms with Crippen LogP contribution in [0, 0.1) is 0 Å². The van der Waals surface area contributed by atoms with E-state index in [9.17, 15) is 4.79 Å². The number of nitrogens with two attached hydrogens (primary N) is 1. The molecule has 18 heavy (non-hydrogen) atoms. The maximum Gasteiger partial charge on any atom is 0.286 e. The van der Waals surface area contributed by atoms with E-state index in [1.54, 1.807) is 12.1 Å². The molecule has 0 aliphatic carbocycles. The predicted octanol–water partition coefficient (Wildman–Crippen LogP) is 2.22. The van der Waals surface area contributed by atoms with E-state index in [1.807, 2.05) is 24.3 Å². The fourth-order valence-corrected chi connectivity index (χ4v) is 1.67. The predicted molar refractivity (Wildman–Crippen MR) is 70.2 cm³/mol. The summed E-state index contributed by atoms with van der Waals surface area (Å²) < 4.78 is 5.00. The normalized spacial score (nSPS) is 10.2. The number of carbonyl (C=O) groups excluding carboxylic acids is 1. The lowest BCUT2D eigenvalue weighted by Crippen LogP contribution is -2.24. The lowest BCUT2D eigenvalue weighted by molar-refractivity contribution is 0.0925. The van der Waals surface area contributed by atoms with Crippen LogP contribution in [0.5, 0.6) is 0 Å². The molecule has 0 unspecified atom stereocenters. The minimum absolute atomic E-state index is 0.169. The molecule has 1 heterocycles. The highest BCUT2D eigenvalue weighted by Gasteiger charge is 2.06. The Hall–Kier alpha value is -2.23. The molecule has 0 atom stereocenters. The third-order valence-electron chi connectivity index (χ3n) is 2.65. The van der Waals surface area contributed by atoms with Crippen LogP contribution < -0.4 is 11.1 Å². The van der Waals surface area contributed by atoms with E-state index in [4.69, 9.17) is 10.2 Å². The molecule has 1 aromatic carbocycles. The largest absolute Gasteiger partial charge is 0.459 e. The standard InChI is InChI=1S/C14H16N2O2/c15-12-7-5-11(6-8-12)3-1-9-16-14(17)13-4-2-10-18-13/h2,4-8,10H,1,3,9,15H2,(H,16,17). The summed E-state index contributed by atoms with van der Waals surface area (Å²) in [6.07, 6.45) is 3.29. The van der Waals surface area contributed by atoms with Crippen LogP contribution in [0.2, 0.25) is 0 Å². The van der Waals surface area contributed by atoms with Crippen LogP contribution >= 0.6 is 0 Å².